The third kappa shape index (κ3) is 1.72. The van der Waals surface area contributed by atoms with E-state index < -0.39 is 0 Å². The highest BCUT2D eigenvalue weighted by Gasteiger charge is 2.46. The molecule has 0 radical (unpaired) electrons. The average molecular weight is 435 g/mol. The summed E-state index contributed by atoms with van der Waals surface area (Å²) in [6.45, 7) is 2.38. The van der Waals surface area contributed by atoms with Gasteiger partial charge in [0, 0.05) is 11.4 Å². The number of anilines is 2. The average Bonchev–Trinajstić information content (AvgIpc) is 3.54. The second kappa shape index (κ2) is 5.57. The first-order valence-electron chi connectivity index (χ1n) is 11.8. The van der Waals surface area contributed by atoms with E-state index in [1.54, 1.807) is 0 Å². The van der Waals surface area contributed by atoms with Crippen LogP contribution in [-0.2, 0) is 0 Å². The maximum atomic E-state index is 6.50. The summed E-state index contributed by atoms with van der Waals surface area (Å²) in [6, 6.07) is 32.6. The number of rotatable bonds is 0. The van der Waals surface area contributed by atoms with Gasteiger partial charge in [0.1, 0.15) is 5.65 Å². The molecule has 158 valence electrons. The van der Waals surface area contributed by atoms with E-state index in [0.29, 0.717) is 0 Å². The Kier molecular flexibility index (Phi) is 2.81. The number of aromatic nitrogens is 2. The smallest absolute Gasteiger partial charge is 0.254 e. The van der Waals surface area contributed by atoms with Gasteiger partial charge in [-0.25, -0.2) is 0 Å². The molecule has 0 fully saturated rings. The quantitative estimate of drug-likeness (QED) is 0.303. The first-order valence-corrected chi connectivity index (χ1v) is 11.8. The lowest BCUT2D eigenvalue weighted by molar-refractivity contribution is 0.443. The lowest BCUT2D eigenvalue weighted by atomic mass is 9.34. The minimum Gasteiger partial charge on any atom is -0.439 e. The Morgan fingerprint density at radius 3 is 2.26 bits per heavy atom. The number of ether oxygens (including phenoxy) is 1. The highest BCUT2D eigenvalue weighted by molar-refractivity contribution is 6.96. The van der Waals surface area contributed by atoms with E-state index in [4.69, 9.17) is 4.74 Å². The zero-order valence-corrected chi connectivity index (χ0v) is 18.5. The largest absolute Gasteiger partial charge is 0.439 e. The molecule has 5 heterocycles. The van der Waals surface area contributed by atoms with Crippen molar-refractivity contribution in [1.29, 1.82) is 0 Å². The number of benzene rings is 4. The van der Waals surface area contributed by atoms with Gasteiger partial charge in [0.15, 0.2) is 11.6 Å². The fraction of sp³-hybridized carbons (Fsp3) is 0.0345. The van der Waals surface area contributed by atoms with Gasteiger partial charge in [0.2, 0.25) is 0 Å². The Morgan fingerprint density at radius 2 is 1.35 bits per heavy atom. The third-order valence-corrected chi connectivity index (χ3v) is 7.87. The van der Waals surface area contributed by atoms with Gasteiger partial charge in [-0.1, -0.05) is 48.5 Å². The molecule has 3 aliphatic heterocycles. The van der Waals surface area contributed by atoms with Crippen LogP contribution in [0.4, 0.5) is 11.4 Å². The molecule has 0 aliphatic carbocycles. The van der Waals surface area contributed by atoms with Gasteiger partial charge in [0.05, 0.1) is 22.2 Å². The fourth-order valence-electron chi connectivity index (χ4n) is 6.61. The Morgan fingerprint density at radius 1 is 0.647 bits per heavy atom. The highest BCUT2D eigenvalue weighted by atomic mass is 16.5. The van der Waals surface area contributed by atoms with Crippen molar-refractivity contribution < 1.29 is 4.74 Å². The Labute approximate surface area is 196 Å². The van der Waals surface area contributed by atoms with Gasteiger partial charge in [-0.15, -0.1) is 0 Å². The van der Waals surface area contributed by atoms with Crippen LogP contribution in [0.1, 0.15) is 6.92 Å². The molecule has 4 aromatic carbocycles. The number of hydrogen-bond donors (Lipinski definition) is 0. The van der Waals surface area contributed by atoms with Crippen molar-refractivity contribution in [2.24, 2.45) is 0 Å². The molecular weight excluding hydrogens is 417 g/mol. The number of para-hydroxylation sites is 5. The second-order valence-corrected chi connectivity index (χ2v) is 9.45. The third-order valence-electron chi connectivity index (χ3n) is 7.87. The molecule has 2 aromatic heterocycles. The molecule has 0 bridgehead atoms. The van der Waals surface area contributed by atoms with E-state index in [-0.39, 0.29) is 6.71 Å². The molecule has 6 aromatic rings. The maximum Gasteiger partial charge on any atom is 0.254 e. The minimum atomic E-state index is 0.137. The molecule has 0 unspecified atom stereocenters. The number of hydrogen-bond acceptors (Lipinski definition) is 2. The maximum absolute atomic E-state index is 6.50. The van der Waals surface area contributed by atoms with E-state index in [1.807, 2.05) is 6.07 Å². The minimum absolute atomic E-state index is 0.137. The van der Waals surface area contributed by atoms with Gasteiger partial charge >= 0.3 is 0 Å². The van der Waals surface area contributed by atoms with Crippen LogP contribution in [0.5, 0.6) is 5.75 Å². The molecule has 0 amide bonds. The van der Waals surface area contributed by atoms with Crippen LogP contribution < -0.4 is 20.6 Å². The van der Waals surface area contributed by atoms with Crippen molar-refractivity contribution in [2.75, 3.05) is 4.90 Å². The lowest BCUT2D eigenvalue weighted by Gasteiger charge is -2.36. The molecule has 0 N–H and O–H groups in total. The van der Waals surface area contributed by atoms with Crippen LogP contribution in [0.25, 0.3) is 33.3 Å². The molecule has 9 rings (SSSR count). The molecule has 3 aliphatic rings. The Bertz CT molecular complexity index is 1930. The first-order chi connectivity index (χ1) is 16.8. The standard InChI is InChI=1S/C29H18BN3O/c1-17-29-33(22-13-6-7-16-25(22)34-29)24-15-8-14-23-27(24)30(17)26-18-9-2-3-10-19(18)31-20-11-4-5-12-21(20)32(23)28(26)31/h2-16H,1H3. The van der Waals surface area contributed by atoms with E-state index in [2.05, 4.69) is 106 Å². The number of imidazole rings is 1. The summed E-state index contributed by atoms with van der Waals surface area (Å²) in [5.74, 6) is 1.87. The van der Waals surface area contributed by atoms with Crippen molar-refractivity contribution in [3.8, 4) is 11.4 Å². The van der Waals surface area contributed by atoms with Crippen molar-refractivity contribution >= 4 is 56.6 Å². The monoisotopic (exact) mass is 435 g/mol. The molecule has 34 heavy (non-hydrogen) atoms. The lowest BCUT2D eigenvalue weighted by Crippen LogP contribution is -2.54. The molecular formula is C29H18BN3O. The summed E-state index contributed by atoms with van der Waals surface area (Å²) in [6.07, 6.45) is 0. The van der Waals surface area contributed by atoms with Crippen LogP contribution in [0.2, 0.25) is 0 Å². The van der Waals surface area contributed by atoms with Crippen LogP contribution in [0, 0.1) is 0 Å². The molecule has 5 heteroatoms. The molecule has 0 saturated heterocycles. The van der Waals surface area contributed by atoms with Crippen molar-refractivity contribution in [3.63, 3.8) is 0 Å². The molecule has 0 saturated carbocycles. The van der Waals surface area contributed by atoms with Gasteiger partial charge in [-0.05, 0) is 71.2 Å². The predicted octanol–water partition coefficient (Wildman–Crippen LogP) is 5.27. The number of nitrogens with zero attached hydrogens (tertiary/aromatic N) is 3. The van der Waals surface area contributed by atoms with Crippen LogP contribution >= 0.6 is 0 Å². The zero-order chi connectivity index (χ0) is 22.1. The second-order valence-electron chi connectivity index (χ2n) is 9.45. The Hall–Kier alpha value is -4.38. The van der Waals surface area contributed by atoms with Crippen LogP contribution in [0.15, 0.2) is 102 Å². The predicted molar refractivity (Wildman–Crippen MR) is 139 cm³/mol. The normalized spacial score (nSPS) is 15.2. The highest BCUT2D eigenvalue weighted by Crippen LogP contribution is 2.48. The van der Waals surface area contributed by atoms with E-state index in [1.165, 1.54) is 55.4 Å². The molecule has 4 nitrogen and oxygen atoms in total. The van der Waals surface area contributed by atoms with Crippen molar-refractivity contribution in [3.05, 3.63) is 102 Å². The Balaban J connectivity index is 1.53. The van der Waals surface area contributed by atoms with Crippen LogP contribution in [-0.4, -0.2) is 15.7 Å². The topological polar surface area (TPSA) is 21.8 Å². The van der Waals surface area contributed by atoms with Crippen LogP contribution in [0.3, 0.4) is 0 Å². The molecule has 0 spiro atoms. The van der Waals surface area contributed by atoms with Crippen molar-refractivity contribution in [1.82, 2.24) is 8.97 Å². The summed E-state index contributed by atoms with van der Waals surface area (Å²) in [4.78, 5) is 2.31. The summed E-state index contributed by atoms with van der Waals surface area (Å²) >= 11 is 0. The van der Waals surface area contributed by atoms with Gasteiger partial charge in [-0.2, -0.15) is 0 Å². The van der Waals surface area contributed by atoms with E-state index in [9.17, 15) is 0 Å². The number of fused-ring (bicyclic) bond motifs is 12. The summed E-state index contributed by atoms with van der Waals surface area (Å²) in [5, 5.41) is 1.31. The summed E-state index contributed by atoms with van der Waals surface area (Å²) < 4.78 is 11.4. The van der Waals surface area contributed by atoms with E-state index in [0.717, 1.165) is 17.3 Å². The van der Waals surface area contributed by atoms with Gasteiger partial charge in [-0.3, -0.25) is 13.9 Å². The fourth-order valence-corrected chi connectivity index (χ4v) is 6.61. The van der Waals surface area contributed by atoms with Gasteiger partial charge < -0.3 is 4.74 Å². The number of allylic oxidation sites excluding steroid dienone is 1. The first kappa shape index (κ1) is 17.1. The van der Waals surface area contributed by atoms with E-state index >= 15 is 0 Å². The van der Waals surface area contributed by atoms with Crippen molar-refractivity contribution in [2.45, 2.75) is 6.92 Å². The van der Waals surface area contributed by atoms with Gasteiger partial charge in [0.25, 0.3) is 6.71 Å². The summed E-state index contributed by atoms with van der Waals surface area (Å²) in [7, 11) is 0. The summed E-state index contributed by atoms with van der Waals surface area (Å²) in [5.41, 5.74) is 12.6. The molecule has 0 atom stereocenters. The SMILES string of the molecule is CC1=C2Oc3ccccc3N2c2cccc3c2B1c1c2ccccc2n2c4ccccc4n-3c12. The zero-order valence-electron chi connectivity index (χ0n) is 18.5.